The summed E-state index contributed by atoms with van der Waals surface area (Å²) in [5.74, 6) is -0.483. The van der Waals surface area contributed by atoms with Gasteiger partial charge in [0.15, 0.2) is 0 Å². The first kappa shape index (κ1) is 18.0. The molecule has 4 rings (SSSR count). The third kappa shape index (κ3) is 3.67. The zero-order valence-corrected chi connectivity index (χ0v) is 15.3. The Bertz CT molecular complexity index is 1030. The summed E-state index contributed by atoms with van der Waals surface area (Å²) < 4.78 is 26.5. The van der Waals surface area contributed by atoms with E-state index in [1.54, 1.807) is 24.4 Å². The predicted molar refractivity (Wildman–Crippen MR) is 109 cm³/mol. The Morgan fingerprint density at radius 2 is 1.82 bits per heavy atom. The van der Waals surface area contributed by atoms with Crippen LogP contribution in [0.25, 0.3) is 22.4 Å². The predicted octanol–water partition coefficient (Wildman–Crippen LogP) is 5.52. The summed E-state index contributed by atoms with van der Waals surface area (Å²) in [7, 11) is 1.86. The maximum atomic E-state index is 13.3. The van der Waals surface area contributed by atoms with Crippen molar-refractivity contribution >= 4 is 11.4 Å². The van der Waals surface area contributed by atoms with Gasteiger partial charge in [-0.2, -0.15) is 5.10 Å². The number of halogens is 2. The monoisotopic (exact) mass is 378 g/mol. The molecule has 0 aliphatic heterocycles. The van der Waals surface area contributed by atoms with Gasteiger partial charge in [0.2, 0.25) is 0 Å². The number of allylic oxidation sites excluding steroid dienone is 2. The van der Waals surface area contributed by atoms with Crippen LogP contribution in [0.5, 0.6) is 0 Å². The molecule has 2 aromatic carbocycles. The molecular formula is C22H20F2N4. The topological polar surface area (TPSA) is 52.7 Å². The Hall–Kier alpha value is -3.41. The van der Waals surface area contributed by atoms with E-state index in [0.29, 0.717) is 6.42 Å². The van der Waals surface area contributed by atoms with Gasteiger partial charge in [0.25, 0.3) is 0 Å². The van der Waals surface area contributed by atoms with Crippen molar-refractivity contribution < 1.29 is 8.78 Å². The van der Waals surface area contributed by atoms with Crippen LogP contribution in [0, 0.1) is 5.82 Å². The molecule has 3 N–H and O–H groups in total. The molecule has 28 heavy (non-hydrogen) atoms. The fourth-order valence-electron chi connectivity index (χ4n) is 3.29. The number of anilines is 2. The van der Waals surface area contributed by atoms with Gasteiger partial charge in [-0.05, 0) is 60.5 Å². The summed E-state index contributed by atoms with van der Waals surface area (Å²) in [6, 6.07) is 12.3. The molecule has 1 heterocycles. The molecule has 0 saturated heterocycles. The summed E-state index contributed by atoms with van der Waals surface area (Å²) >= 11 is 0. The van der Waals surface area contributed by atoms with Crippen molar-refractivity contribution in [2.45, 2.75) is 12.5 Å². The van der Waals surface area contributed by atoms with E-state index in [0.717, 1.165) is 33.8 Å². The second kappa shape index (κ2) is 7.68. The lowest BCUT2D eigenvalue weighted by atomic mass is 10.00. The third-order valence-electron chi connectivity index (χ3n) is 4.77. The van der Waals surface area contributed by atoms with Crippen LogP contribution in [0.4, 0.5) is 20.2 Å². The lowest BCUT2D eigenvalue weighted by Crippen LogP contribution is -2.18. The molecule has 0 amide bonds. The number of aromatic amines is 1. The maximum absolute atomic E-state index is 13.3. The molecule has 1 aliphatic rings. The Morgan fingerprint density at radius 1 is 1.04 bits per heavy atom. The van der Waals surface area contributed by atoms with Crippen LogP contribution >= 0.6 is 0 Å². The van der Waals surface area contributed by atoms with Crippen LogP contribution in [0.2, 0.25) is 0 Å². The van der Waals surface area contributed by atoms with Gasteiger partial charge in [0, 0.05) is 24.2 Å². The minimum atomic E-state index is -0.277. The van der Waals surface area contributed by atoms with Crippen molar-refractivity contribution in [3.8, 4) is 22.4 Å². The average molecular weight is 378 g/mol. The molecule has 3 aromatic rings. The zero-order valence-electron chi connectivity index (χ0n) is 15.3. The molecule has 0 radical (unpaired) electrons. The maximum Gasteiger partial charge on any atom is 0.123 e. The van der Waals surface area contributed by atoms with E-state index in [2.05, 4.69) is 20.8 Å². The van der Waals surface area contributed by atoms with Crippen LogP contribution in [0.1, 0.15) is 6.42 Å². The van der Waals surface area contributed by atoms with Crippen molar-refractivity contribution in [3.63, 3.8) is 0 Å². The molecule has 1 aliphatic carbocycles. The third-order valence-corrected chi connectivity index (χ3v) is 4.77. The van der Waals surface area contributed by atoms with E-state index in [9.17, 15) is 8.78 Å². The smallest absolute Gasteiger partial charge is 0.123 e. The molecular weight excluding hydrogens is 358 g/mol. The van der Waals surface area contributed by atoms with Crippen LogP contribution < -0.4 is 10.6 Å². The van der Waals surface area contributed by atoms with E-state index >= 15 is 0 Å². The van der Waals surface area contributed by atoms with Gasteiger partial charge in [-0.1, -0.05) is 12.1 Å². The van der Waals surface area contributed by atoms with Crippen molar-refractivity contribution in [1.82, 2.24) is 10.2 Å². The Morgan fingerprint density at radius 3 is 2.54 bits per heavy atom. The Balaban J connectivity index is 1.67. The quantitative estimate of drug-likeness (QED) is 0.548. The number of nitrogens with zero attached hydrogens (tertiary/aromatic N) is 1. The SMILES string of the molecule is CNc1ccc(-c2cn[nH]c2-c2ccc(F)cc2)cc1NC1C=CC(F)=CC1. The molecule has 0 fully saturated rings. The molecule has 0 spiro atoms. The summed E-state index contributed by atoms with van der Waals surface area (Å²) in [5.41, 5.74) is 5.43. The van der Waals surface area contributed by atoms with Gasteiger partial charge < -0.3 is 10.6 Å². The second-order valence-corrected chi connectivity index (χ2v) is 6.61. The highest BCUT2D eigenvalue weighted by Crippen LogP contribution is 2.35. The van der Waals surface area contributed by atoms with E-state index < -0.39 is 0 Å². The van der Waals surface area contributed by atoms with Gasteiger partial charge in [0.1, 0.15) is 11.6 Å². The van der Waals surface area contributed by atoms with Gasteiger partial charge in [0.05, 0.1) is 23.3 Å². The van der Waals surface area contributed by atoms with Gasteiger partial charge in [-0.25, -0.2) is 8.78 Å². The van der Waals surface area contributed by atoms with Crippen LogP contribution in [-0.4, -0.2) is 23.3 Å². The molecule has 1 atom stereocenters. The standard InChI is InChI=1S/C22H20F2N4/c1-25-20-11-4-15(12-21(20)27-18-9-7-17(24)8-10-18)19-13-26-28-22(19)14-2-5-16(23)6-3-14/h2-9,11-13,18,25,27H,10H2,1H3,(H,26,28). The summed E-state index contributed by atoms with van der Waals surface area (Å²) in [6.45, 7) is 0. The summed E-state index contributed by atoms with van der Waals surface area (Å²) in [5, 5.41) is 13.8. The highest BCUT2D eigenvalue weighted by atomic mass is 19.1. The fourth-order valence-corrected chi connectivity index (χ4v) is 3.29. The molecule has 142 valence electrons. The van der Waals surface area contributed by atoms with Crippen molar-refractivity contribution in [2.24, 2.45) is 0 Å². The molecule has 0 bridgehead atoms. The zero-order chi connectivity index (χ0) is 19.5. The first-order valence-electron chi connectivity index (χ1n) is 9.06. The average Bonchev–Trinajstić information content (AvgIpc) is 3.20. The van der Waals surface area contributed by atoms with Crippen molar-refractivity contribution in [3.05, 3.63) is 78.5 Å². The Labute approximate surface area is 162 Å². The fraction of sp³-hybridized carbons (Fsp3) is 0.136. The largest absolute Gasteiger partial charge is 0.386 e. The van der Waals surface area contributed by atoms with Crippen LogP contribution in [-0.2, 0) is 0 Å². The van der Waals surface area contributed by atoms with E-state index in [4.69, 9.17) is 0 Å². The highest BCUT2D eigenvalue weighted by Gasteiger charge is 2.14. The summed E-state index contributed by atoms with van der Waals surface area (Å²) in [4.78, 5) is 0. The first-order valence-corrected chi connectivity index (χ1v) is 9.06. The minimum absolute atomic E-state index is 0.0165. The van der Waals surface area contributed by atoms with Gasteiger partial charge >= 0.3 is 0 Å². The lowest BCUT2D eigenvalue weighted by molar-refractivity contribution is 0.628. The first-order chi connectivity index (χ1) is 13.6. The van der Waals surface area contributed by atoms with Crippen LogP contribution in [0.3, 0.4) is 0 Å². The highest BCUT2D eigenvalue weighted by molar-refractivity contribution is 5.84. The number of hydrogen-bond donors (Lipinski definition) is 3. The number of H-pyrrole nitrogens is 1. The normalized spacial score (nSPS) is 16.0. The van der Waals surface area contributed by atoms with Gasteiger partial charge in [-0.3, -0.25) is 5.10 Å². The molecule has 4 nitrogen and oxygen atoms in total. The number of nitrogens with one attached hydrogen (secondary N) is 3. The summed E-state index contributed by atoms with van der Waals surface area (Å²) in [6.07, 6.45) is 7.22. The second-order valence-electron chi connectivity index (χ2n) is 6.61. The molecule has 6 heteroatoms. The van der Waals surface area contributed by atoms with E-state index in [1.165, 1.54) is 18.2 Å². The minimum Gasteiger partial charge on any atom is -0.386 e. The lowest BCUT2D eigenvalue weighted by Gasteiger charge is -2.20. The number of benzene rings is 2. The number of aromatic nitrogens is 2. The van der Waals surface area contributed by atoms with Crippen molar-refractivity contribution in [2.75, 3.05) is 17.7 Å². The van der Waals surface area contributed by atoms with Crippen LogP contribution in [0.15, 0.2) is 72.7 Å². The molecule has 0 saturated carbocycles. The van der Waals surface area contributed by atoms with Crippen molar-refractivity contribution in [1.29, 1.82) is 0 Å². The van der Waals surface area contributed by atoms with E-state index in [-0.39, 0.29) is 17.7 Å². The number of rotatable bonds is 5. The molecule has 1 unspecified atom stereocenters. The van der Waals surface area contributed by atoms with Gasteiger partial charge in [-0.15, -0.1) is 0 Å². The molecule has 1 aromatic heterocycles. The number of hydrogen-bond acceptors (Lipinski definition) is 3. The Kier molecular flexibility index (Phi) is 4.93. The van der Waals surface area contributed by atoms with E-state index in [1.807, 2.05) is 31.3 Å².